The van der Waals surface area contributed by atoms with Gasteiger partial charge in [0.1, 0.15) is 0 Å². The topological polar surface area (TPSA) is 24.5 Å². The van der Waals surface area contributed by atoms with Gasteiger partial charge in [-0.2, -0.15) is 0 Å². The quantitative estimate of drug-likeness (QED) is 0.919. The molecular formula is C15H23ClN2O. The molecule has 1 aromatic carbocycles. The lowest BCUT2D eigenvalue weighted by atomic mass is 10.0. The van der Waals surface area contributed by atoms with Crippen molar-refractivity contribution in [2.75, 3.05) is 31.2 Å². The first kappa shape index (κ1) is 14.6. The number of rotatable bonds is 4. The Morgan fingerprint density at radius 3 is 2.84 bits per heavy atom. The molecule has 2 rings (SSSR count). The van der Waals surface area contributed by atoms with Gasteiger partial charge in [-0.05, 0) is 38.1 Å². The van der Waals surface area contributed by atoms with Gasteiger partial charge >= 0.3 is 0 Å². The normalized spacial score (nSPS) is 18.6. The summed E-state index contributed by atoms with van der Waals surface area (Å²) in [7, 11) is 0. The molecular weight excluding hydrogens is 260 g/mol. The zero-order valence-electron chi connectivity index (χ0n) is 12.0. The van der Waals surface area contributed by atoms with E-state index >= 15 is 0 Å². The number of hydrogen-bond acceptors (Lipinski definition) is 3. The molecule has 1 aliphatic heterocycles. The molecule has 4 heteroatoms. The maximum atomic E-state index is 6.38. The summed E-state index contributed by atoms with van der Waals surface area (Å²) in [5, 5.41) is 4.14. The molecule has 1 fully saturated rings. The van der Waals surface area contributed by atoms with Crippen LogP contribution in [0, 0.1) is 0 Å². The number of nitrogens with zero attached hydrogens (tertiary/aromatic N) is 1. The second-order valence-corrected chi connectivity index (χ2v) is 5.98. The molecule has 3 nitrogen and oxygen atoms in total. The van der Waals surface area contributed by atoms with E-state index in [9.17, 15) is 0 Å². The summed E-state index contributed by atoms with van der Waals surface area (Å²) in [5.41, 5.74) is 2.35. The van der Waals surface area contributed by atoms with Gasteiger partial charge in [0.15, 0.2) is 0 Å². The maximum Gasteiger partial charge on any atom is 0.0694 e. The highest BCUT2D eigenvalue weighted by molar-refractivity contribution is 6.31. The van der Waals surface area contributed by atoms with Crippen molar-refractivity contribution in [2.24, 2.45) is 0 Å². The number of hydrogen-bond donors (Lipinski definition) is 1. The second kappa shape index (κ2) is 6.12. The minimum atomic E-state index is 0.0186. The molecule has 0 bridgehead atoms. The molecule has 1 saturated heterocycles. The summed E-state index contributed by atoms with van der Waals surface area (Å²) < 4.78 is 5.56. The van der Waals surface area contributed by atoms with Gasteiger partial charge in [-0.3, -0.25) is 0 Å². The van der Waals surface area contributed by atoms with Crippen molar-refractivity contribution in [3.63, 3.8) is 0 Å². The summed E-state index contributed by atoms with van der Waals surface area (Å²) in [6.07, 6.45) is 0. The van der Waals surface area contributed by atoms with E-state index in [-0.39, 0.29) is 5.54 Å². The van der Waals surface area contributed by atoms with Crippen molar-refractivity contribution >= 4 is 17.3 Å². The lowest BCUT2D eigenvalue weighted by molar-refractivity contribution is 0.0644. The Kier molecular flexibility index (Phi) is 4.71. The third-order valence-corrected chi connectivity index (χ3v) is 3.91. The average molecular weight is 283 g/mol. The number of nitrogens with one attached hydrogen (secondary N) is 1. The van der Waals surface area contributed by atoms with E-state index in [1.54, 1.807) is 0 Å². The van der Waals surface area contributed by atoms with Gasteiger partial charge in [0, 0.05) is 23.8 Å². The molecule has 0 unspecified atom stereocenters. The molecule has 0 amide bonds. The fourth-order valence-electron chi connectivity index (χ4n) is 2.44. The van der Waals surface area contributed by atoms with Crippen LogP contribution in [-0.2, 0) is 11.3 Å². The Bertz CT molecular complexity index is 434. The smallest absolute Gasteiger partial charge is 0.0694 e. The predicted molar refractivity (Wildman–Crippen MR) is 81.1 cm³/mol. The number of anilines is 1. The third kappa shape index (κ3) is 3.41. The van der Waals surface area contributed by atoms with Gasteiger partial charge in [0.2, 0.25) is 0 Å². The highest BCUT2D eigenvalue weighted by atomic mass is 35.5. The van der Waals surface area contributed by atoms with E-state index in [0.29, 0.717) is 0 Å². The van der Waals surface area contributed by atoms with Crippen LogP contribution in [0.1, 0.15) is 26.3 Å². The predicted octanol–water partition coefficient (Wildman–Crippen LogP) is 3.06. The standard InChI is InChI=1S/C15H23ClN2O/c1-4-17-10-12-5-6-13(9-14(12)16)18-7-8-19-11-15(18,2)3/h5-6,9,17H,4,7-8,10-11H2,1-3H3. The lowest BCUT2D eigenvalue weighted by Gasteiger charge is -2.44. The minimum absolute atomic E-state index is 0.0186. The molecule has 0 atom stereocenters. The van der Waals surface area contributed by atoms with E-state index in [2.05, 4.69) is 49.2 Å². The molecule has 19 heavy (non-hydrogen) atoms. The summed E-state index contributed by atoms with van der Waals surface area (Å²) in [5.74, 6) is 0. The number of benzene rings is 1. The fourth-order valence-corrected chi connectivity index (χ4v) is 2.69. The third-order valence-electron chi connectivity index (χ3n) is 3.56. The molecule has 1 aliphatic rings. The van der Waals surface area contributed by atoms with Crippen LogP contribution in [0.15, 0.2) is 18.2 Å². The molecule has 0 aliphatic carbocycles. The minimum Gasteiger partial charge on any atom is -0.377 e. The molecule has 1 heterocycles. The van der Waals surface area contributed by atoms with Gasteiger partial charge in [0.05, 0.1) is 18.8 Å². The van der Waals surface area contributed by atoms with Gasteiger partial charge in [-0.1, -0.05) is 24.6 Å². The van der Waals surface area contributed by atoms with Gasteiger partial charge in [0.25, 0.3) is 0 Å². The molecule has 0 aromatic heterocycles. The Hall–Kier alpha value is -0.770. The van der Waals surface area contributed by atoms with Crippen molar-refractivity contribution in [3.05, 3.63) is 28.8 Å². The van der Waals surface area contributed by atoms with Crippen molar-refractivity contribution in [1.29, 1.82) is 0 Å². The van der Waals surface area contributed by atoms with E-state index < -0.39 is 0 Å². The zero-order valence-corrected chi connectivity index (χ0v) is 12.8. The van der Waals surface area contributed by atoms with Crippen LogP contribution in [0.5, 0.6) is 0 Å². The molecule has 106 valence electrons. The first-order valence-electron chi connectivity index (χ1n) is 6.89. The molecule has 0 saturated carbocycles. The maximum absolute atomic E-state index is 6.38. The number of ether oxygens (including phenoxy) is 1. The van der Waals surface area contributed by atoms with Crippen LogP contribution in [0.3, 0.4) is 0 Å². The van der Waals surface area contributed by atoms with E-state index in [1.807, 2.05) is 0 Å². The molecule has 0 radical (unpaired) electrons. The van der Waals surface area contributed by atoms with Crippen molar-refractivity contribution in [3.8, 4) is 0 Å². The van der Waals surface area contributed by atoms with Crippen molar-refractivity contribution < 1.29 is 4.74 Å². The summed E-state index contributed by atoms with van der Waals surface area (Å²) >= 11 is 6.38. The monoisotopic (exact) mass is 282 g/mol. The van der Waals surface area contributed by atoms with Crippen LogP contribution in [0.4, 0.5) is 5.69 Å². The van der Waals surface area contributed by atoms with Crippen LogP contribution >= 0.6 is 11.6 Å². The SMILES string of the molecule is CCNCc1ccc(N2CCOCC2(C)C)cc1Cl. The van der Waals surface area contributed by atoms with Crippen LogP contribution in [0.2, 0.25) is 5.02 Å². The Morgan fingerprint density at radius 1 is 1.42 bits per heavy atom. The lowest BCUT2D eigenvalue weighted by Crippen LogP contribution is -2.53. The van der Waals surface area contributed by atoms with Crippen LogP contribution < -0.4 is 10.2 Å². The Morgan fingerprint density at radius 2 is 2.21 bits per heavy atom. The summed E-state index contributed by atoms with van der Waals surface area (Å²) in [6, 6.07) is 6.35. The van der Waals surface area contributed by atoms with Crippen molar-refractivity contribution in [1.82, 2.24) is 5.32 Å². The van der Waals surface area contributed by atoms with Gasteiger partial charge < -0.3 is 15.0 Å². The average Bonchev–Trinajstić information content (AvgIpc) is 2.37. The number of morpholine rings is 1. The van der Waals surface area contributed by atoms with Gasteiger partial charge in [-0.15, -0.1) is 0 Å². The van der Waals surface area contributed by atoms with E-state index in [0.717, 1.165) is 43.4 Å². The van der Waals surface area contributed by atoms with E-state index in [4.69, 9.17) is 16.3 Å². The Labute approximate surface area is 120 Å². The van der Waals surface area contributed by atoms with Crippen molar-refractivity contribution in [2.45, 2.75) is 32.9 Å². The van der Waals surface area contributed by atoms with E-state index in [1.165, 1.54) is 5.69 Å². The fraction of sp³-hybridized carbons (Fsp3) is 0.600. The second-order valence-electron chi connectivity index (χ2n) is 5.57. The molecule has 1 N–H and O–H groups in total. The Balaban J connectivity index is 2.19. The van der Waals surface area contributed by atoms with Gasteiger partial charge in [-0.25, -0.2) is 0 Å². The zero-order chi connectivity index (χ0) is 13.9. The summed E-state index contributed by atoms with van der Waals surface area (Å²) in [4.78, 5) is 2.37. The molecule has 0 spiro atoms. The largest absolute Gasteiger partial charge is 0.377 e. The number of halogens is 1. The van der Waals surface area contributed by atoms with Crippen LogP contribution in [0.25, 0.3) is 0 Å². The first-order chi connectivity index (χ1) is 9.04. The molecule has 1 aromatic rings. The highest BCUT2D eigenvalue weighted by Crippen LogP contribution is 2.30. The summed E-state index contributed by atoms with van der Waals surface area (Å²) in [6.45, 7) is 10.7. The highest BCUT2D eigenvalue weighted by Gasteiger charge is 2.30. The van der Waals surface area contributed by atoms with Crippen LogP contribution in [-0.4, -0.2) is 31.8 Å². The first-order valence-corrected chi connectivity index (χ1v) is 7.27.